The molecular weight excluding hydrogens is 519 g/mol. The average molecular weight is 557 g/mol. The third-order valence-electron chi connectivity index (χ3n) is 7.74. The molecule has 0 fully saturated rings. The smallest absolute Gasteiger partial charge is 0.410 e. The van der Waals surface area contributed by atoms with Crippen molar-refractivity contribution in [3.05, 3.63) is 94.9 Å². The Morgan fingerprint density at radius 1 is 1.10 bits per heavy atom. The molecule has 3 N–H and O–H groups in total. The second-order valence-corrected chi connectivity index (χ2v) is 12.0. The van der Waals surface area contributed by atoms with Gasteiger partial charge in [-0.25, -0.2) is 9.18 Å². The van der Waals surface area contributed by atoms with E-state index in [2.05, 4.69) is 35.5 Å². The van der Waals surface area contributed by atoms with Crippen LogP contribution in [-0.4, -0.2) is 34.0 Å². The van der Waals surface area contributed by atoms with Gasteiger partial charge in [0.25, 0.3) is 5.91 Å². The lowest BCUT2D eigenvalue weighted by Crippen LogP contribution is -2.47. The van der Waals surface area contributed by atoms with E-state index < -0.39 is 5.60 Å². The van der Waals surface area contributed by atoms with Crippen molar-refractivity contribution in [1.82, 2.24) is 9.88 Å². The van der Waals surface area contributed by atoms with Crippen molar-refractivity contribution in [3.63, 3.8) is 0 Å². The van der Waals surface area contributed by atoms with E-state index in [0.29, 0.717) is 42.1 Å². The van der Waals surface area contributed by atoms with Gasteiger partial charge in [-0.1, -0.05) is 44.2 Å². The number of carbonyl (C=O) groups excluding carboxylic acids is 2. The highest BCUT2D eigenvalue weighted by Crippen LogP contribution is 2.38. The molecule has 41 heavy (non-hydrogen) atoms. The van der Waals surface area contributed by atoms with Crippen LogP contribution in [0.1, 0.15) is 68.1 Å². The van der Waals surface area contributed by atoms with Gasteiger partial charge in [-0.3, -0.25) is 4.79 Å². The lowest BCUT2D eigenvalue weighted by atomic mass is 9.75. The SMILES string of the molecule is CCC1(C)CN(C(=O)OC(C)(C)C)Cc2cc(NC(=O)c3ccccc3NCc3c[nH]c4c(F)cccc34)ccc21. The van der Waals surface area contributed by atoms with Crippen molar-refractivity contribution in [2.75, 3.05) is 17.2 Å². The first-order valence-electron chi connectivity index (χ1n) is 14.0. The van der Waals surface area contributed by atoms with Crippen LogP contribution in [0.15, 0.2) is 66.9 Å². The summed E-state index contributed by atoms with van der Waals surface area (Å²) < 4.78 is 19.8. The molecule has 8 heteroatoms. The fourth-order valence-corrected chi connectivity index (χ4v) is 5.46. The molecule has 0 saturated heterocycles. The van der Waals surface area contributed by atoms with Crippen LogP contribution in [0.3, 0.4) is 0 Å². The second kappa shape index (κ2) is 10.9. The molecule has 214 valence electrons. The summed E-state index contributed by atoms with van der Waals surface area (Å²) >= 11 is 0. The Morgan fingerprint density at radius 3 is 2.63 bits per heavy atom. The van der Waals surface area contributed by atoms with Gasteiger partial charge in [0, 0.05) is 48.0 Å². The maximum absolute atomic E-state index is 14.1. The number of hydrogen-bond acceptors (Lipinski definition) is 4. The molecule has 3 aromatic carbocycles. The molecular formula is C33H37FN4O3. The number of hydrogen-bond donors (Lipinski definition) is 3. The predicted molar refractivity (Wildman–Crippen MR) is 161 cm³/mol. The van der Waals surface area contributed by atoms with Gasteiger partial charge in [-0.15, -0.1) is 0 Å². The monoisotopic (exact) mass is 556 g/mol. The van der Waals surface area contributed by atoms with Crippen LogP contribution in [0.2, 0.25) is 0 Å². The van der Waals surface area contributed by atoms with Crippen molar-refractivity contribution in [2.45, 2.75) is 65.1 Å². The minimum Gasteiger partial charge on any atom is -0.444 e. The molecule has 0 bridgehead atoms. The van der Waals surface area contributed by atoms with Gasteiger partial charge in [0.1, 0.15) is 11.4 Å². The molecule has 0 spiro atoms. The third kappa shape index (κ3) is 5.92. The minimum atomic E-state index is -0.582. The zero-order chi connectivity index (χ0) is 29.4. The summed E-state index contributed by atoms with van der Waals surface area (Å²) in [6.07, 6.45) is 2.30. The average Bonchev–Trinajstić information content (AvgIpc) is 3.35. The Bertz CT molecular complexity index is 1610. The lowest BCUT2D eigenvalue weighted by molar-refractivity contribution is 0.0164. The number of nitrogens with one attached hydrogen (secondary N) is 3. The number of para-hydroxylation sites is 2. The van der Waals surface area contributed by atoms with Crippen LogP contribution in [-0.2, 0) is 23.2 Å². The van der Waals surface area contributed by atoms with Crippen LogP contribution in [0.5, 0.6) is 0 Å². The number of anilines is 2. The summed E-state index contributed by atoms with van der Waals surface area (Å²) in [4.78, 5) is 31.1. The molecule has 1 aliphatic heterocycles. The number of carbonyl (C=O) groups is 2. The van der Waals surface area contributed by atoms with Crippen molar-refractivity contribution < 1.29 is 18.7 Å². The van der Waals surface area contributed by atoms with Crippen molar-refractivity contribution in [2.24, 2.45) is 0 Å². The zero-order valence-corrected chi connectivity index (χ0v) is 24.2. The first kappa shape index (κ1) is 28.2. The van der Waals surface area contributed by atoms with E-state index >= 15 is 0 Å². The Hall–Kier alpha value is -4.33. The molecule has 0 aliphatic carbocycles. The van der Waals surface area contributed by atoms with E-state index in [4.69, 9.17) is 4.74 Å². The normalized spacial score (nSPS) is 16.8. The standard InChI is InChI=1S/C33H37FN4O3/c1-6-33(5)20-38(31(40)41-32(2,3)4)19-21-16-23(14-15-26(21)33)37-30(39)25-10-7-8-13-28(25)35-17-22-18-36-29-24(22)11-9-12-27(29)34/h7-16,18,35-36H,6,17,19-20H2,1-5H3,(H,37,39). The number of ether oxygens (including phenoxy) is 1. The van der Waals surface area contributed by atoms with Crippen LogP contribution in [0, 0.1) is 5.82 Å². The number of amides is 2. The Morgan fingerprint density at radius 2 is 1.88 bits per heavy atom. The summed E-state index contributed by atoms with van der Waals surface area (Å²) in [5, 5.41) is 7.17. The molecule has 2 amide bonds. The van der Waals surface area contributed by atoms with Gasteiger partial charge in [-0.2, -0.15) is 0 Å². The van der Waals surface area contributed by atoms with Crippen LogP contribution >= 0.6 is 0 Å². The van der Waals surface area contributed by atoms with E-state index in [9.17, 15) is 14.0 Å². The fraction of sp³-hybridized carbons (Fsp3) is 0.333. The highest BCUT2D eigenvalue weighted by atomic mass is 19.1. The third-order valence-corrected chi connectivity index (χ3v) is 7.74. The molecule has 0 radical (unpaired) electrons. The number of H-pyrrole nitrogens is 1. The summed E-state index contributed by atoms with van der Waals surface area (Å²) in [6.45, 7) is 11.3. The highest BCUT2D eigenvalue weighted by Gasteiger charge is 2.37. The zero-order valence-electron chi connectivity index (χ0n) is 24.2. The Labute approximate surface area is 240 Å². The molecule has 2 heterocycles. The molecule has 1 unspecified atom stereocenters. The van der Waals surface area contributed by atoms with E-state index in [0.717, 1.165) is 22.9 Å². The number of rotatable bonds is 6. The first-order chi connectivity index (χ1) is 19.5. The van der Waals surface area contributed by atoms with Gasteiger partial charge < -0.3 is 25.3 Å². The maximum Gasteiger partial charge on any atom is 0.410 e. The number of nitrogens with zero attached hydrogens (tertiary/aromatic N) is 1. The highest BCUT2D eigenvalue weighted by molar-refractivity contribution is 6.08. The Balaban J connectivity index is 1.34. The van der Waals surface area contributed by atoms with Gasteiger partial charge in [-0.05, 0) is 74.2 Å². The first-order valence-corrected chi connectivity index (χ1v) is 14.0. The topological polar surface area (TPSA) is 86.5 Å². The number of aromatic amines is 1. The van der Waals surface area contributed by atoms with Gasteiger partial charge in [0.2, 0.25) is 0 Å². The molecule has 0 saturated carbocycles. The molecule has 1 aromatic heterocycles. The quantitative estimate of drug-likeness (QED) is 0.228. The fourth-order valence-electron chi connectivity index (χ4n) is 5.46. The van der Waals surface area contributed by atoms with Crippen molar-refractivity contribution >= 4 is 34.3 Å². The summed E-state index contributed by atoms with van der Waals surface area (Å²) in [5.74, 6) is -0.553. The maximum atomic E-state index is 14.1. The second-order valence-electron chi connectivity index (χ2n) is 12.0. The van der Waals surface area contributed by atoms with E-state index in [-0.39, 0.29) is 23.2 Å². The van der Waals surface area contributed by atoms with Gasteiger partial charge in [0.05, 0.1) is 11.1 Å². The molecule has 4 aromatic rings. The number of halogens is 1. The molecule has 7 nitrogen and oxygen atoms in total. The van der Waals surface area contributed by atoms with E-state index in [1.54, 1.807) is 23.2 Å². The van der Waals surface area contributed by atoms with Crippen molar-refractivity contribution in [3.8, 4) is 0 Å². The van der Waals surface area contributed by atoms with Gasteiger partial charge in [0.15, 0.2) is 0 Å². The largest absolute Gasteiger partial charge is 0.444 e. The summed E-state index contributed by atoms with van der Waals surface area (Å²) in [7, 11) is 0. The van der Waals surface area contributed by atoms with Crippen LogP contribution < -0.4 is 10.6 Å². The Kier molecular flexibility index (Phi) is 7.51. The summed E-state index contributed by atoms with van der Waals surface area (Å²) in [5.41, 5.74) is 4.53. The number of fused-ring (bicyclic) bond motifs is 2. The molecule has 1 aliphatic rings. The van der Waals surface area contributed by atoms with Crippen LogP contribution in [0.4, 0.5) is 20.6 Å². The predicted octanol–water partition coefficient (Wildman–Crippen LogP) is 7.59. The molecule has 5 rings (SSSR count). The van der Waals surface area contributed by atoms with Gasteiger partial charge >= 0.3 is 6.09 Å². The molecule has 1 atom stereocenters. The number of aromatic nitrogens is 1. The minimum absolute atomic E-state index is 0.227. The summed E-state index contributed by atoms with van der Waals surface area (Å²) in [6, 6.07) is 18.2. The van der Waals surface area contributed by atoms with Crippen molar-refractivity contribution in [1.29, 1.82) is 0 Å². The van der Waals surface area contributed by atoms with Crippen LogP contribution in [0.25, 0.3) is 10.9 Å². The van der Waals surface area contributed by atoms with E-state index in [1.165, 1.54) is 11.6 Å². The number of benzene rings is 3. The van der Waals surface area contributed by atoms with E-state index in [1.807, 2.05) is 57.2 Å². The lowest BCUT2D eigenvalue weighted by Gasteiger charge is -2.42.